The largest absolute Gasteiger partial charge is 0.477 e. The van der Waals surface area contributed by atoms with Gasteiger partial charge in [-0.1, -0.05) is 30.3 Å². The van der Waals surface area contributed by atoms with Crippen LogP contribution in [-0.4, -0.2) is 18.1 Å². The Kier molecular flexibility index (Phi) is 2.92. The van der Waals surface area contributed by atoms with E-state index in [-0.39, 0.29) is 5.41 Å². The van der Waals surface area contributed by atoms with Crippen LogP contribution in [0.5, 0.6) is 0 Å². The smallest absolute Gasteiger partial charge is 0.186 e. The number of aromatic nitrogens is 1. The summed E-state index contributed by atoms with van der Waals surface area (Å²) in [6.45, 7) is 1.69. The van der Waals surface area contributed by atoms with E-state index in [0.717, 1.165) is 31.9 Å². The summed E-state index contributed by atoms with van der Waals surface area (Å²) in [6, 6.07) is 15.0. The standard InChI is InChI=1S/C18H18N2O/c1-2-4-15(5-3-1)18(12-14-6-8-19-9-7-14)13-16(18)17-20-10-11-21-17/h1-9,20H,10-13H2/b17-16-. The van der Waals surface area contributed by atoms with E-state index >= 15 is 0 Å². The molecule has 2 fully saturated rings. The van der Waals surface area contributed by atoms with Gasteiger partial charge in [-0.05, 0) is 36.1 Å². The summed E-state index contributed by atoms with van der Waals surface area (Å²) < 4.78 is 5.75. The van der Waals surface area contributed by atoms with Crippen LogP contribution in [0.15, 0.2) is 66.3 Å². The number of ether oxygens (including phenoxy) is 1. The van der Waals surface area contributed by atoms with E-state index in [4.69, 9.17) is 4.74 Å². The molecule has 1 aromatic carbocycles. The molecule has 1 aliphatic heterocycles. The highest BCUT2D eigenvalue weighted by Gasteiger charge is 2.53. The second-order valence-electron chi connectivity index (χ2n) is 5.74. The summed E-state index contributed by atoms with van der Waals surface area (Å²) in [6.07, 6.45) is 5.81. The van der Waals surface area contributed by atoms with Crippen molar-refractivity contribution in [3.63, 3.8) is 0 Å². The number of allylic oxidation sites excluding steroid dienone is 1. The van der Waals surface area contributed by atoms with Gasteiger partial charge < -0.3 is 10.1 Å². The highest BCUT2D eigenvalue weighted by molar-refractivity contribution is 5.52. The molecule has 1 N–H and O–H groups in total. The van der Waals surface area contributed by atoms with Crippen molar-refractivity contribution in [1.29, 1.82) is 0 Å². The van der Waals surface area contributed by atoms with E-state index in [1.165, 1.54) is 16.7 Å². The normalized spacial score (nSPS) is 27.0. The summed E-state index contributed by atoms with van der Waals surface area (Å²) in [5.41, 5.74) is 4.20. The Bertz CT molecular complexity index is 658. The van der Waals surface area contributed by atoms with Crippen LogP contribution in [0, 0.1) is 0 Å². The van der Waals surface area contributed by atoms with E-state index in [1.807, 2.05) is 12.4 Å². The van der Waals surface area contributed by atoms with E-state index < -0.39 is 0 Å². The average molecular weight is 278 g/mol. The zero-order valence-electron chi connectivity index (χ0n) is 11.9. The molecule has 21 heavy (non-hydrogen) atoms. The summed E-state index contributed by atoms with van der Waals surface area (Å²) in [5, 5.41) is 3.37. The molecular weight excluding hydrogens is 260 g/mol. The molecule has 3 nitrogen and oxygen atoms in total. The maximum absolute atomic E-state index is 5.75. The maximum atomic E-state index is 5.75. The van der Waals surface area contributed by atoms with Gasteiger partial charge >= 0.3 is 0 Å². The second kappa shape index (κ2) is 4.92. The Morgan fingerprint density at radius 3 is 2.62 bits per heavy atom. The van der Waals surface area contributed by atoms with Crippen LogP contribution in [-0.2, 0) is 16.6 Å². The fraction of sp³-hybridized carbons (Fsp3) is 0.278. The Morgan fingerprint density at radius 2 is 1.90 bits per heavy atom. The molecule has 1 aliphatic carbocycles. The van der Waals surface area contributed by atoms with Gasteiger partial charge in [-0.25, -0.2) is 0 Å². The molecule has 1 saturated carbocycles. The minimum absolute atomic E-state index is 0.0925. The molecule has 0 spiro atoms. The maximum Gasteiger partial charge on any atom is 0.186 e. The Morgan fingerprint density at radius 1 is 1.10 bits per heavy atom. The molecule has 106 valence electrons. The van der Waals surface area contributed by atoms with Crippen LogP contribution in [0.25, 0.3) is 0 Å². The fourth-order valence-corrected chi connectivity index (χ4v) is 3.27. The van der Waals surface area contributed by atoms with Gasteiger partial charge in [0.25, 0.3) is 0 Å². The third-order valence-electron chi connectivity index (χ3n) is 4.42. The molecular formula is C18H18N2O. The molecule has 2 aromatic rings. The number of hydrogen-bond donors (Lipinski definition) is 1. The Balaban J connectivity index is 1.73. The molecule has 2 aliphatic rings. The van der Waals surface area contributed by atoms with Crippen molar-refractivity contribution in [2.45, 2.75) is 18.3 Å². The van der Waals surface area contributed by atoms with Gasteiger partial charge in [0.1, 0.15) is 6.61 Å². The Hall–Kier alpha value is -2.29. The molecule has 1 atom stereocenters. The van der Waals surface area contributed by atoms with Gasteiger partial charge in [0.2, 0.25) is 0 Å². The topological polar surface area (TPSA) is 34.2 Å². The average Bonchev–Trinajstić information content (AvgIpc) is 3.02. The molecule has 0 amide bonds. The lowest BCUT2D eigenvalue weighted by Crippen LogP contribution is -2.14. The number of benzene rings is 1. The molecule has 0 bridgehead atoms. The van der Waals surface area contributed by atoms with Gasteiger partial charge in [0, 0.05) is 23.4 Å². The molecule has 4 rings (SSSR count). The van der Waals surface area contributed by atoms with Gasteiger partial charge in [-0.2, -0.15) is 0 Å². The van der Waals surface area contributed by atoms with Crippen molar-refractivity contribution < 1.29 is 4.74 Å². The molecule has 3 heteroatoms. The number of hydrogen-bond acceptors (Lipinski definition) is 3. The zero-order valence-corrected chi connectivity index (χ0v) is 11.9. The van der Waals surface area contributed by atoms with Crippen molar-refractivity contribution in [2.75, 3.05) is 13.2 Å². The first-order valence-corrected chi connectivity index (χ1v) is 7.43. The highest BCUT2D eigenvalue weighted by Crippen LogP contribution is 2.57. The van der Waals surface area contributed by atoms with Crippen LogP contribution in [0.3, 0.4) is 0 Å². The molecule has 2 heterocycles. The van der Waals surface area contributed by atoms with Crippen LogP contribution in [0.1, 0.15) is 17.5 Å². The lowest BCUT2D eigenvalue weighted by atomic mass is 9.88. The number of nitrogens with zero attached hydrogens (tertiary/aromatic N) is 1. The van der Waals surface area contributed by atoms with Gasteiger partial charge in [0.05, 0.1) is 6.54 Å². The van der Waals surface area contributed by atoms with Crippen molar-refractivity contribution in [3.05, 3.63) is 77.4 Å². The van der Waals surface area contributed by atoms with Crippen LogP contribution < -0.4 is 5.32 Å². The summed E-state index contributed by atoms with van der Waals surface area (Å²) in [7, 11) is 0. The van der Waals surface area contributed by atoms with E-state index in [9.17, 15) is 0 Å². The summed E-state index contributed by atoms with van der Waals surface area (Å²) >= 11 is 0. The van der Waals surface area contributed by atoms with Gasteiger partial charge in [-0.15, -0.1) is 0 Å². The molecule has 1 saturated heterocycles. The third kappa shape index (κ3) is 2.19. The predicted molar refractivity (Wildman–Crippen MR) is 81.7 cm³/mol. The van der Waals surface area contributed by atoms with E-state index in [0.29, 0.717) is 0 Å². The first-order chi connectivity index (χ1) is 10.4. The first kappa shape index (κ1) is 12.5. The summed E-state index contributed by atoms with van der Waals surface area (Å²) in [5.74, 6) is 1.01. The lowest BCUT2D eigenvalue weighted by Gasteiger charge is -2.16. The predicted octanol–water partition coefficient (Wildman–Crippen LogP) is 2.80. The van der Waals surface area contributed by atoms with Crippen LogP contribution in [0.2, 0.25) is 0 Å². The fourth-order valence-electron chi connectivity index (χ4n) is 3.27. The lowest BCUT2D eigenvalue weighted by molar-refractivity contribution is 0.262. The van der Waals surface area contributed by atoms with Crippen molar-refractivity contribution in [2.24, 2.45) is 0 Å². The Labute approximate surface area is 124 Å². The van der Waals surface area contributed by atoms with E-state index in [1.54, 1.807) is 0 Å². The van der Waals surface area contributed by atoms with Crippen molar-refractivity contribution in [1.82, 2.24) is 10.3 Å². The molecule has 1 unspecified atom stereocenters. The monoisotopic (exact) mass is 278 g/mol. The quantitative estimate of drug-likeness (QED) is 0.937. The SMILES string of the molecule is c1ccc(C2(Cc3ccncc3)C/C2=C2\NCCO2)cc1. The molecule has 0 radical (unpaired) electrons. The minimum atomic E-state index is 0.0925. The second-order valence-corrected chi connectivity index (χ2v) is 5.74. The third-order valence-corrected chi connectivity index (χ3v) is 4.42. The highest BCUT2D eigenvalue weighted by atomic mass is 16.5. The van der Waals surface area contributed by atoms with Crippen molar-refractivity contribution in [3.8, 4) is 0 Å². The van der Waals surface area contributed by atoms with Gasteiger partial charge in [-0.3, -0.25) is 4.98 Å². The van der Waals surface area contributed by atoms with Crippen LogP contribution in [0.4, 0.5) is 0 Å². The van der Waals surface area contributed by atoms with Crippen LogP contribution >= 0.6 is 0 Å². The van der Waals surface area contributed by atoms with Crippen molar-refractivity contribution >= 4 is 0 Å². The summed E-state index contributed by atoms with van der Waals surface area (Å²) in [4.78, 5) is 4.12. The minimum Gasteiger partial charge on any atom is -0.477 e. The molecule has 1 aromatic heterocycles. The number of rotatable bonds is 3. The van der Waals surface area contributed by atoms with Gasteiger partial charge in [0.15, 0.2) is 5.88 Å². The first-order valence-electron chi connectivity index (χ1n) is 7.43. The zero-order chi connectivity index (χ0) is 14.1. The number of pyridine rings is 1. The van der Waals surface area contributed by atoms with E-state index in [2.05, 4.69) is 52.8 Å². The number of nitrogens with one attached hydrogen (secondary N) is 1.